The van der Waals surface area contributed by atoms with Gasteiger partial charge in [-0.1, -0.05) is 133 Å². The minimum absolute atomic E-state index is 0.147. The number of aromatic hydroxyl groups is 2. The van der Waals surface area contributed by atoms with Gasteiger partial charge in [-0.3, -0.25) is 0 Å². The number of aliphatic imine (C=N–C) groups is 2. The second-order valence-corrected chi connectivity index (χ2v) is 17.3. The minimum atomic E-state index is -1.42. The van der Waals surface area contributed by atoms with E-state index in [4.69, 9.17) is 28.9 Å². The van der Waals surface area contributed by atoms with Crippen LogP contribution in [0.15, 0.2) is 101 Å². The molecule has 0 saturated heterocycles. The zero-order valence-electron chi connectivity index (χ0n) is 38.5. The maximum atomic E-state index is 12.8. The molecule has 11 heteroatoms. The highest BCUT2D eigenvalue weighted by atomic mass is 16.6. The van der Waals surface area contributed by atoms with Crippen molar-refractivity contribution in [1.82, 2.24) is 5.32 Å². The Morgan fingerprint density at radius 1 is 0.585 bits per heavy atom. The molecule has 1 heterocycles. The van der Waals surface area contributed by atoms with Crippen molar-refractivity contribution in [1.29, 1.82) is 0 Å². The van der Waals surface area contributed by atoms with Gasteiger partial charge in [-0.05, 0) is 90.2 Å². The predicted octanol–water partition coefficient (Wildman–Crippen LogP) is 12.0. The van der Waals surface area contributed by atoms with Crippen molar-refractivity contribution in [2.75, 3.05) is 13.2 Å². The lowest BCUT2D eigenvalue weighted by Gasteiger charge is -2.31. The van der Waals surface area contributed by atoms with Gasteiger partial charge in [0.05, 0.1) is 18.8 Å². The van der Waals surface area contributed by atoms with Crippen LogP contribution in [0.25, 0.3) is 32.3 Å². The molecule has 0 fully saturated rings. The molecule has 342 valence electrons. The molecule has 0 aromatic heterocycles. The lowest BCUT2D eigenvalue weighted by atomic mass is 9.91. The number of carbonyl (C=O) groups excluding carboxylic acids is 2. The number of phenols is 2. The fraction of sp³-hybridized carbons (Fsp3) is 0.407. The molecule has 3 atom stereocenters. The van der Waals surface area contributed by atoms with Gasteiger partial charge in [0.2, 0.25) is 0 Å². The van der Waals surface area contributed by atoms with E-state index in [0.717, 1.165) is 76.4 Å². The fourth-order valence-corrected chi connectivity index (χ4v) is 8.57. The Bertz CT molecular complexity index is 2640. The summed E-state index contributed by atoms with van der Waals surface area (Å²) in [6.45, 7) is 10.1. The molecule has 0 amide bonds. The number of ether oxygens (including phenoxy) is 4. The normalized spacial score (nSPS) is 15.9. The van der Waals surface area contributed by atoms with Crippen molar-refractivity contribution in [2.45, 2.75) is 130 Å². The smallest absolute Gasteiger partial charge is 0.347 e. The Labute approximate surface area is 382 Å². The van der Waals surface area contributed by atoms with Crippen LogP contribution in [0.2, 0.25) is 0 Å². The predicted molar refractivity (Wildman–Crippen MR) is 259 cm³/mol. The van der Waals surface area contributed by atoms with Crippen molar-refractivity contribution < 1.29 is 38.7 Å². The monoisotopic (exact) mass is 881 g/mol. The Balaban J connectivity index is 1.15. The summed E-state index contributed by atoms with van der Waals surface area (Å²) >= 11 is 0. The number of unbranched alkanes of at least 4 members (excludes halogenated alkanes) is 10. The number of amidine groups is 2. The Kier molecular flexibility index (Phi) is 15.5. The molecular formula is C54H63N3O8. The van der Waals surface area contributed by atoms with Crippen molar-refractivity contribution in [3.63, 3.8) is 0 Å². The Morgan fingerprint density at radius 3 is 1.63 bits per heavy atom. The summed E-state index contributed by atoms with van der Waals surface area (Å²) in [7, 11) is 0. The van der Waals surface area contributed by atoms with Crippen LogP contribution in [0, 0.1) is 0 Å². The van der Waals surface area contributed by atoms with Crippen molar-refractivity contribution in [3.05, 3.63) is 108 Å². The molecule has 6 aromatic rings. The second-order valence-electron chi connectivity index (χ2n) is 17.3. The van der Waals surface area contributed by atoms with Crippen LogP contribution in [0.4, 0.5) is 0 Å². The van der Waals surface area contributed by atoms with E-state index in [2.05, 4.69) is 67.7 Å². The van der Waals surface area contributed by atoms with Crippen molar-refractivity contribution >= 4 is 55.9 Å². The molecule has 0 saturated carbocycles. The van der Waals surface area contributed by atoms with Gasteiger partial charge < -0.3 is 34.5 Å². The van der Waals surface area contributed by atoms with E-state index in [1.54, 1.807) is 45.0 Å². The molecule has 6 aromatic carbocycles. The molecule has 11 nitrogen and oxygen atoms in total. The van der Waals surface area contributed by atoms with Crippen LogP contribution in [0.3, 0.4) is 0 Å². The number of carbonyl (C=O) groups is 2. The van der Waals surface area contributed by atoms with Crippen LogP contribution in [0.1, 0.15) is 128 Å². The fourth-order valence-electron chi connectivity index (χ4n) is 8.57. The van der Waals surface area contributed by atoms with E-state index < -0.39 is 29.8 Å². The van der Waals surface area contributed by atoms with E-state index in [0.29, 0.717) is 36.0 Å². The van der Waals surface area contributed by atoms with E-state index in [9.17, 15) is 19.8 Å². The van der Waals surface area contributed by atoms with E-state index in [1.807, 2.05) is 6.07 Å². The summed E-state index contributed by atoms with van der Waals surface area (Å²) in [6.07, 6.45) is 11.2. The lowest BCUT2D eigenvalue weighted by Crippen LogP contribution is -2.41. The molecular weight excluding hydrogens is 819 g/mol. The summed E-state index contributed by atoms with van der Waals surface area (Å²) in [4.78, 5) is 35.8. The highest BCUT2D eigenvalue weighted by molar-refractivity contribution is 6.28. The van der Waals surface area contributed by atoms with Crippen molar-refractivity contribution in [3.8, 4) is 23.0 Å². The van der Waals surface area contributed by atoms with Crippen LogP contribution in [-0.2, 0) is 24.7 Å². The third kappa shape index (κ3) is 11.1. The summed E-state index contributed by atoms with van der Waals surface area (Å²) in [5.41, 5.74) is 0.0970. The molecule has 0 spiro atoms. The summed E-state index contributed by atoms with van der Waals surface area (Å²) in [6, 6.07) is 28.4. The average molecular weight is 882 g/mol. The summed E-state index contributed by atoms with van der Waals surface area (Å²) < 4.78 is 22.8. The minimum Gasteiger partial charge on any atom is -0.507 e. The highest BCUT2D eigenvalue weighted by Gasteiger charge is 2.35. The van der Waals surface area contributed by atoms with Gasteiger partial charge in [-0.25, -0.2) is 19.6 Å². The first kappa shape index (κ1) is 46.6. The molecule has 0 bridgehead atoms. The molecule has 7 rings (SSSR count). The zero-order valence-corrected chi connectivity index (χ0v) is 38.5. The van der Waals surface area contributed by atoms with Crippen LogP contribution in [-0.4, -0.2) is 59.2 Å². The molecule has 0 aliphatic carbocycles. The van der Waals surface area contributed by atoms with Crippen LogP contribution >= 0.6 is 0 Å². The SMILES string of the molecule is CCCCCCCCOC(=O)C(C)Oc1ccc(C2=NC(C)(c3ccc(OC(C)C(=O)OCCCCCCCC)cc3O)N=C(c3ccc4ccc5cccc6ccc3c4c56)N2)c(O)c1. The molecule has 1 aliphatic heterocycles. The largest absolute Gasteiger partial charge is 0.507 e. The lowest BCUT2D eigenvalue weighted by molar-refractivity contribution is -0.152. The van der Waals surface area contributed by atoms with E-state index >= 15 is 0 Å². The topological polar surface area (TPSA) is 148 Å². The van der Waals surface area contributed by atoms with E-state index in [1.165, 1.54) is 50.7 Å². The number of benzene rings is 6. The molecule has 0 radical (unpaired) electrons. The van der Waals surface area contributed by atoms with Gasteiger partial charge in [0.25, 0.3) is 0 Å². The van der Waals surface area contributed by atoms with Gasteiger partial charge in [-0.2, -0.15) is 0 Å². The average Bonchev–Trinajstić information content (AvgIpc) is 3.29. The number of esters is 2. The Hall–Kier alpha value is -6.36. The Morgan fingerprint density at radius 2 is 1.06 bits per heavy atom. The maximum Gasteiger partial charge on any atom is 0.347 e. The number of nitrogens with one attached hydrogen (secondary N) is 1. The molecule has 3 N–H and O–H groups in total. The van der Waals surface area contributed by atoms with Crippen LogP contribution < -0.4 is 14.8 Å². The maximum absolute atomic E-state index is 12.8. The first-order valence-electron chi connectivity index (χ1n) is 23.5. The number of rotatable bonds is 23. The van der Waals surface area contributed by atoms with Gasteiger partial charge in [0.15, 0.2) is 17.9 Å². The van der Waals surface area contributed by atoms with Gasteiger partial charge in [-0.15, -0.1) is 0 Å². The number of hydrogen-bond donors (Lipinski definition) is 3. The van der Waals surface area contributed by atoms with Crippen molar-refractivity contribution in [2.24, 2.45) is 9.98 Å². The summed E-state index contributed by atoms with van der Waals surface area (Å²) in [5, 5.41) is 33.2. The standard InChI is InChI=1S/C54H63N3O8/c1-6-8-10-12-14-16-31-62-52(60)35(3)64-40-25-29-44(46(58)33-40)51-55-50(43-28-24-39-22-21-37-19-18-20-38-23-27-42(43)49(39)48(37)38)56-54(5,57-51)45-30-26-41(34-47(45)59)65-36(4)53(61)63-32-17-15-13-11-9-7-2/h18-30,33-36,58-59H,6-17,31-32H2,1-5H3,(H,55,56,57). The summed E-state index contributed by atoms with van der Waals surface area (Å²) in [5.74, 6) is 0.0824. The third-order valence-corrected chi connectivity index (χ3v) is 12.2. The number of nitrogens with zero attached hydrogens (tertiary/aromatic N) is 2. The zero-order chi connectivity index (χ0) is 45.9. The first-order chi connectivity index (χ1) is 31.5. The van der Waals surface area contributed by atoms with Gasteiger partial charge in [0, 0.05) is 23.3 Å². The van der Waals surface area contributed by atoms with E-state index in [-0.39, 0.29) is 23.0 Å². The highest BCUT2D eigenvalue weighted by Crippen LogP contribution is 2.41. The molecule has 65 heavy (non-hydrogen) atoms. The molecule has 1 aliphatic rings. The quantitative estimate of drug-likeness (QED) is 0.0325. The van der Waals surface area contributed by atoms with Crippen LogP contribution in [0.5, 0.6) is 23.0 Å². The van der Waals surface area contributed by atoms with Gasteiger partial charge >= 0.3 is 11.9 Å². The number of phenolic OH excluding ortho intramolecular Hbond substituents is 2. The molecule has 3 unspecified atom stereocenters. The number of hydrogen-bond acceptors (Lipinski definition) is 11. The van der Waals surface area contributed by atoms with Gasteiger partial charge in [0.1, 0.15) is 34.7 Å². The second kappa shape index (κ2) is 21.5. The third-order valence-electron chi connectivity index (χ3n) is 12.2. The first-order valence-corrected chi connectivity index (χ1v) is 23.5.